The van der Waals surface area contributed by atoms with Crippen LogP contribution in [0.25, 0.3) is 0 Å². The van der Waals surface area contributed by atoms with Crippen molar-refractivity contribution in [2.45, 2.75) is 31.7 Å². The molecule has 0 amide bonds. The average Bonchev–Trinajstić information content (AvgIpc) is 2.58. The normalized spacial score (nSPS) is 20.5. The summed E-state index contributed by atoms with van der Waals surface area (Å²) >= 11 is 5.85. The maximum atomic E-state index is 11.6. The Kier molecular flexibility index (Phi) is 9.00. The fourth-order valence-electron chi connectivity index (χ4n) is 2.21. The van der Waals surface area contributed by atoms with Gasteiger partial charge in [-0.1, -0.05) is 30.7 Å². The number of halogens is 4. The van der Waals surface area contributed by atoms with E-state index in [0.717, 1.165) is 11.4 Å². The van der Waals surface area contributed by atoms with Gasteiger partial charge in [-0.05, 0) is 24.1 Å². The van der Waals surface area contributed by atoms with Crippen LogP contribution in [0, 0.1) is 0 Å². The molecule has 0 spiro atoms. The van der Waals surface area contributed by atoms with E-state index in [1.54, 1.807) is 6.92 Å². The van der Waals surface area contributed by atoms with Gasteiger partial charge in [-0.15, -0.1) is 0 Å². The van der Waals surface area contributed by atoms with E-state index in [2.05, 4.69) is 5.32 Å². The first-order valence-corrected chi connectivity index (χ1v) is 10.2. The zero-order valence-electron chi connectivity index (χ0n) is 14.5. The standard InChI is InChI=1S/C14H20ClNO3S.C2HF3O2/c1-2-20(17,18)10-14-8-16-13(9-19-14)7-11-3-5-12(15)6-4-11;3-2(4,5)1(6)7/h3-6,13-14,16H,2,7-10H2,1H3;(H,6,7)/t13-,14+;/m0./s1. The lowest BCUT2D eigenvalue weighted by atomic mass is 10.1. The molecule has 1 heterocycles. The van der Waals surface area contributed by atoms with Crippen molar-refractivity contribution in [1.29, 1.82) is 0 Å². The Hall–Kier alpha value is -1.36. The predicted octanol–water partition coefficient (Wildman–Crippen LogP) is 2.31. The highest BCUT2D eigenvalue weighted by atomic mass is 35.5. The number of ether oxygens (including phenoxy) is 1. The molecule has 1 aliphatic heterocycles. The third kappa shape index (κ3) is 9.41. The lowest BCUT2D eigenvalue weighted by molar-refractivity contribution is -0.192. The molecule has 2 rings (SSSR count). The minimum Gasteiger partial charge on any atom is -0.475 e. The molecule has 11 heteroatoms. The topological polar surface area (TPSA) is 92.7 Å². The van der Waals surface area contributed by atoms with Crippen molar-refractivity contribution in [2.75, 3.05) is 24.7 Å². The number of morpholine rings is 1. The van der Waals surface area contributed by atoms with Crippen LogP contribution in [0.1, 0.15) is 12.5 Å². The number of benzene rings is 1. The van der Waals surface area contributed by atoms with Gasteiger partial charge < -0.3 is 15.2 Å². The molecule has 1 aromatic rings. The Morgan fingerprint density at radius 2 is 1.89 bits per heavy atom. The molecule has 0 aromatic heterocycles. The fourth-order valence-corrected chi connectivity index (χ4v) is 3.35. The summed E-state index contributed by atoms with van der Waals surface area (Å²) < 4.78 is 60.5. The second-order valence-electron chi connectivity index (χ2n) is 5.89. The van der Waals surface area contributed by atoms with Crippen LogP contribution in [0.2, 0.25) is 5.02 Å². The number of hydrogen-bond donors (Lipinski definition) is 2. The molecule has 154 valence electrons. The molecule has 1 saturated heterocycles. The van der Waals surface area contributed by atoms with Crippen LogP contribution in [-0.2, 0) is 25.8 Å². The Bertz CT molecular complexity index is 702. The Labute approximate surface area is 160 Å². The first kappa shape index (κ1) is 23.7. The summed E-state index contributed by atoms with van der Waals surface area (Å²) in [4.78, 5) is 8.90. The number of rotatable bonds is 5. The van der Waals surface area contributed by atoms with Crippen molar-refractivity contribution in [1.82, 2.24) is 5.32 Å². The number of carboxylic acid groups (broad SMARTS) is 1. The number of hydrogen-bond acceptors (Lipinski definition) is 5. The van der Waals surface area contributed by atoms with Crippen LogP contribution in [0.5, 0.6) is 0 Å². The van der Waals surface area contributed by atoms with E-state index in [9.17, 15) is 21.6 Å². The molecule has 1 aliphatic rings. The molecular formula is C16H21ClF3NO5S. The van der Waals surface area contributed by atoms with Gasteiger partial charge in [-0.2, -0.15) is 13.2 Å². The van der Waals surface area contributed by atoms with Crippen LogP contribution >= 0.6 is 11.6 Å². The number of carboxylic acids is 1. The maximum absolute atomic E-state index is 11.6. The van der Waals surface area contributed by atoms with Gasteiger partial charge in [0.25, 0.3) is 0 Å². The summed E-state index contributed by atoms with van der Waals surface area (Å²) in [5.74, 6) is -2.49. The van der Waals surface area contributed by atoms with Gasteiger partial charge in [0, 0.05) is 23.4 Å². The number of carbonyl (C=O) groups is 1. The summed E-state index contributed by atoms with van der Waals surface area (Å²) in [6.45, 7) is 2.78. The highest BCUT2D eigenvalue weighted by molar-refractivity contribution is 7.91. The van der Waals surface area contributed by atoms with Crippen LogP contribution in [0.15, 0.2) is 24.3 Å². The fraction of sp³-hybridized carbons (Fsp3) is 0.562. The van der Waals surface area contributed by atoms with Gasteiger partial charge >= 0.3 is 12.1 Å². The zero-order chi connectivity index (χ0) is 20.7. The zero-order valence-corrected chi connectivity index (χ0v) is 16.1. The van der Waals surface area contributed by atoms with Gasteiger partial charge in [0.05, 0.1) is 18.5 Å². The van der Waals surface area contributed by atoms with E-state index < -0.39 is 22.0 Å². The molecule has 1 aromatic carbocycles. The SMILES string of the molecule is CCS(=O)(=O)C[C@H]1CN[C@@H](Cc2ccc(Cl)cc2)CO1.O=C(O)C(F)(F)F. The number of aliphatic carboxylic acids is 1. The number of nitrogens with one attached hydrogen (secondary N) is 1. The molecular weight excluding hydrogens is 411 g/mol. The molecule has 2 N–H and O–H groups in total. The van der Waals surface area contributed by atoms with Gasteiger partial charge in [0.2, 0.25) is 0 Å². The third-order valence-electron chi connectivity index (χ3n) is 3.68. The predicted molar refractivity (Wildman–Crippen MR) is 94.7 cm³/mol. The lowest BCUT2D eigenvalue weighted by Gasteiger charge is -2.30. The summed E-state index contributed by atoms with van der Waals surface area (Å²) in [7, 11) is -2.98. The van der Waals surface area contributed by atoms with Gasteiger partial charge in [-0.3, -0.25) is 0 Å². The number of alkyl halides is 3. The van der Waals surface area contributed by atoms with Crippen molar-refractivity contribution in [2.24, 2.45) is 0 Å². The van der Waals surface area contributed by atoms with Crippen LogP contribution < -0.4 is 5.32 Å². The molecule has 6 nitrogen and oxygen atoms in total. The minimum atomic E-state index is -5.08. The first-order chi connectivity index (χ1) is 12.4. The van der Waals surface area contributed by atoms with Gasteiger partial charge in [-0.25, -0.2) is 13.2 Å². The molecule has 0 saturated carbocycles. The molecule has 0 bridgehead atoms. The van der Waals surface area contributed by atoms with E-state index in [1.165, 1.54) is 5.56 Å². The smallest absolute Gasteiger partial charge is 0.475 e. The molecule has 0 unspecified atom stereocenters. The Balaban J connectivity index is 0.000000445. The summed E-state index contributed by atoms with van der Waals surface area (Å²) in [6, 6.07) is 7.96. The van der Waals surface area contributed by atoms with E-state index in [-0.39, 0.29) is 23.7 Å². The van der Waals surface area contributed by atoms with Crippen molar-refractivity contribution < 1.29 is 36.2 Å². The van der Waals surface area contributed by atoms with Gasteiger partial charge in [0.1, 0.15) is 0 Å². The third-order valence-corrected chi connectivity index (χ3v) is 5.70. The van der Waals surface area contributed by atoms with E-state index in [1.807, 2.05) is 24.3 Å². The van der Waals surface area contributed by atoms with E-state index in [0.29, 0.717) is 13.2 Å². The second kappa shape index (κ2) is 10.3. The van der Waals surface area contributed by atoms with Crippen LogP contribution in [-0.4, -0.2) is 62.5 Å². The van der Waals surface area contributed by atoms with Crippen molar-refractivity contribution in [3.8, 4) is 0 Å². The maximum Gasteiger partial charge on any atom is 0.490 e. The summed E-state index contributed by atoms with van der Waals surface area (Å²) in [5.41, 5.74) is 1.19. The molecule has 2 atom stereocenters. The molecule has 0 radical (unpaired) electrons. The van der Waals surface area contributed by atoms with Crippen molar-refractivity contribution >= 4 is 27.4 Å². The largest absolute Gasteiger partial charge is 0.490 e. The molecule has 1 fully saturated rings. The van der Waals surface area contributed by atoms with Gasteiger partial charge in [0.15, 0.2) is 9.84 Å². The van der Waals surface area contributed by atoms with Crippen molar-refractivity contribution in [3.63, 3.8) is 0 Å². The van der Waals surface area contributed by atoms with Crippen molar-refractivity contribution in [3.05, 3.63) is 34.9 Å². The highest BCUT2D eigenvalue weighted by Gasteiger charge is 2.38. The monoisotopic (exact) mass is 431 g/mol. The van der Waals surface area contributed by atoms with Crippen LogP contribution in [0.4, 0.5) is 13.2 Å². The first-order valence-electron chi connectivity index (χ1n) is 8.03. The lowest BCUT2D eigenvalue weighted by Crippen LogP contribution is -2.49. The molecule has 0 aliphatic carbocycles. The van der Waals surface area contributed by atoms with E-state index >= 15 is 0 Å². The Morgan fingerprint density at radius 3 is 2.30 bits per heavy atom. The summed E-state index contributed by atoms with van der Waals surface area (Å²) in [6.07, 6.45) is -4.47. The summed E-state index contributed by atoms with van der Waals surface area (Å²) in [5, 5.41) is 11.2. The Morgan fingerprint density at radius 1 is 1.33 bits per heavy atom. The molecule has 27 heavy (non-hydrogen) atoms. The minimum absolute atomic E-state index is 0.101. The quantitative estimate of drug-likeness (QED) is 0.743. The second-order valence-corrected chi connectivity index (χ2v) is 8.73. The van der Waals surface area contributed by atoms with E-state index in [4.69, 9.17) is 26.2 Å². The highest BCUT2D eigenvalue weighted by Crippen LogP contribution is 2.14. The average molecular weight is 432 g/mol. The number of sulfone groups is 1. The van der Waals surface area contributed by atoms with Crippen LogP contribution in [0.3, 0.4) is 0 Å².